The molecule has 0 heterocycles. The van der Waals surface area contributed by atoms with Crippen LogP contribution >= 0.6 is 0 Å². The van der Waals surface area contributed by atoms with Crippen molar-refractivity contribution in [2.24, 2.45) is 5.73 Å². The van der Waals surface area contributed by atoms with E-state index in [9.17, 15) is 19.2 Å². The van der Waals surface area contributed by atoms with Crippen LogP contribution in [0.4, 0.5) is 0 Å². The first kappa shape index (κ1) is 19.5. The van der Waals surface area contributed by atoms with E-state index in [0.29, 0.717) is 18.4 Å². The highest BCUT2D eigenvalue weighted by molar-refractivity contribution is 6.38. The van der Waals surface area contributed by atoms with Crippen LogP contribution in [0.15, 0.2) is 30.3 Å². The number of carbonyl (C=O) groups is 4. The zero-order chi connectivity index (χ0) is 18.1. The highest BCUT2D eigenvalue weighted by Gasteiger charge is 2.23. The lowest BCUT2D eigenvalue weighted by molar-refractivity contribution is -0.139. The summed E-state index contributed by atoms with van der Waals surface area (Å²) in [6.45, 7) is 2.81. The van der Waals surface area contributed by atoms with Crippen LogP contribution in [0.3, 0.4) is 0 Å². The van der Waals surface area contributed by atoms with Gasteiger partial charge in [-0.15, -0.1) is 0 Å². The van der Waals surface area contributed by atoms with E-state index in [4.69, 9.17) is 5.73 Å². The molecule has 0 bridgehead atoms. The summed E-state index contributed by atoms with van der Waals surface area (Å²) in [4.78, 5) is 47.0. The smallest absolute Gasteiger partial charge is 0.289 e. The maximum absolute atomic E-state index is 11.9. The molecule has 0 aromatic heterocycles. The van der Waals surface area contributed by atoms with Gasteiger partial charge in [-0.3, -0.25) is 19.2 Å². The van der Waals surface area contributed by atoms with Crippen molar-refractivity contribution in [2.45, 2.75) is 38.8 Å². The molecule has 7 nitrogen and oxygen atoms in total. The van der Waals surface area contributed by atoms with Gasteiger partial charge >= 0.3 is 0 Å². The summed E-state index contributed by atoms with van der Waals surface area (Å²) in [5.41, 5.74) is 6.22. The lowest BCUT2D eigenvalue weighted by Crippen LogP contribution is -2.46. The minimum Gasteiger partial charge on any atom is -0.341 e. The van der Waals surface area contributed by atoms with Gasteiger partial charge in [0.2, 0.25) is 11.7 Å². The number of hydrogen-bond acceptors (Lipinski definition) is 5. The molecule has 0 fully saturated rings. The molecule has 24 heavy (non-hydrogen) atoms. The maximum atomic E-state index is 11.9. The Kier molecular flexibility index (Phi) is 7.77. The van der Waals surface area contributed by atoms with Gasteiger partial charge in [-0.25, -0.2) is 0 Å². The van der Waals surface area contributed by atoms with Gasteiger partial charge < -0.3 is 16.4 Å². The summed E-state index contributed by atoms with van der Waals surface area (Å²) in [6.07, 6.45) is 1.08. The van der Waals surface area contributed by atoms with Crippen molar-refractivity contribution in [3.8, 4) is 0 Å². The number of benzene rings is 1. The summed E-state index contributed by atoms with van der Waals surface area (Å²) in [5, 5.41) is 4.76. The number of amides is 2. The second kappa shape index (κ2) is 9.57. The fourth-order valence-electron chi connectivity index (χ4n) is 2.14. The number of nitrogens with two attached hydrogens (primary N) is 1. The molecule has 4 N–H and O–H groups in total. The monoisotopic (exact) mass is 333 g/mol. The molecule has 0 aliphatic rings. The number of carbonyl (C=O) groups excluding carboxylic acids is 4. The van der Waals surface area contributed by atoms with Crippen LogP contribution in [-0.4, -0.2) is 36.0 Å². The van der Waals surface area contributed by atoms with Gasteiger partial charge in [-0.05, 0) is 18.9 Å². The fourth-order valence-corrected chi connectivity index (χ4v) is 2.14. The van der Waals surface area contributed by atoms with Crippen molar-refractivity contribution >= 4 is 23.4 Å². The summed E-state index contributed by atoms with van der Waals surface area (Å²) >= 11 is 0. The van der Waals surface area contributed by atoms with Crippen molar-refractivity contribution in [2.75, 3.05) is 6.54 Å². The first-order chi connectivity index (χ1) is 11.4. The number of nitrogens with one attached hydrogen (secondary N) is 2. The second-order valence-corrected chi connectivity index (χ2v) is 5.46. The highest BCUT2D eigenvalue weighted by atomic mass is 16.2. The summed E-state index contributed by atoms with van der Waals surface area (Å²) < 4.78 is 0. The molecule has 0 aliphatic carbocycles. The van der Waals surface area contributed by atoms with Crippen LogP contribution in [0.25, 0.3) is 0 Å². The third kappa shape index (κ3) is 5.92. The number of Topliss-reactive ketones (excluding diaryl/α,β-unsaturated/α-hetero) is 2. The first-order valence-corrected chi connectivity index (χ1v) is 7.79. The Morgan fingerprint density at radius 3 is 2.29 bits per heavy atom. The molecule has 7 heteroatoms. The number of hydrogen-bond donors (Lipinski definition) is 3. The van der Waals surface area contributed by atoms with Crippen molar-refractivity contribution in [1.29, 1.82) is 0 Å². The molecule has 2 amide bonds. The van der Waals surface area contributed by atoms with Crippen LogP contribution in [-0.2, 0) is 19.2 Å². The Morgan fingerprint density at radius 1 is 1.12 bits per heavy atom. The predicted octanol–water partition coefficient (Wildman–Crippen LogP) is 0.246. The van der Waals surface area contributed by atoms with Gasteiger partial charge in [0.05, 0.1) is 12.6 Å². The Labute approximate surface area is 141 Å². The van der Waals surface area contributed by atoms with Gasteiger partial charge in [0.1, 0.15) is 6.04 Å². The largest absolute Gasteiger partial charge is 0.341 e. The molecule has 0 radical (unpaired) electrons. The Morgan fingerprint density at radius 2 is 1.75 bits per heavy atom. The van der Waals surface area contributed by atoms with Crippen LogP contribution in [0.2, 0.25) is 0 Å². The lowest BCUT2D eigenvalue weighted by atomic mass is 10.0. The minimum atomic E-state index is -0.898. The van der Waals surface area contributed by atoms with Crippen molar-refractivity contribution < 1.29 is 19.2 Å². The molecular weight excluding hydrogens is 310 g/mol. The molecule has 0 spiro atoms. The van der Waals surface area contributed by atoms with E-state index < -0.39 is 36.2 Å². The quantitative estimate of drug-likeness (QED) is 0.560. The molecule has 2 atom stereocenters. The topological polar surface area (TPSA) is 118 Å². The Bertz CT molecular complexity index is 601. The molecule has 0 saturated heterocycles. The predicted molar refractivity (Wildman–Crippen MR) is 88.9 cm³/mol. The summed E-state index contributed by atoms with van der Waals surface area (Å²) in [5.74, 6) is -2.45. The number of ketones is 2. The maximum Gasteiger partial charge on any atom is 0.289 e. The molecule has 2 unspecified atom stereocenters. The molecule has 1 aromatic carbocycles. The number of rotatable bonds is 9. The van der Waals surface area contributed by atoms with Gasteiger partial charge in [0.25, 0.3) is 5.91 Å². The van der Waals surface area contributed by atoms with Crippen molar-refractivity contribution in [3.63, 3.8) is 0 Å². The summed E-state index contributed by atoms with van der Waals surface area (Å²) in [7, 11) is 0. The third-order valence-corrected chi connectivity index (χ3v) is 3.41. The van der Waals surface area contributed by atoms with Crippen LogP contribution in [0.5, 0.6) is 0 Å². The van der Waals surface area contributed by atoms with Crippen molar-refractivity contribution in [3.05, 3.63) is 35.9 Å². The Balaban J connectivity index is 2.57. The van der Waals surface area contributed by atoms with E-state index in [1.54, 1.807) is 30.3 Å². The molecule has 1 aromatic rings. The normalized spacial score (nSPS) is 12.8. The van der Waals surface area contributed by atoms with Crippen LogP contribution < -0.4 is 16.4 Å². The standard InChI is InChI=1S/C17H23N3O4/c1-3-7-13(18)16(23)17(24)19-10-14(22)20-15(11(2)21)12-8-5-4-6-9-12/h4-6,8-9,13,15H,3,7,10,18H2,1-2H3,(H,19,24)(H,20,22). The van der Waals surface area contributed by atoms with E-state index >= 15 is 0 Å². The minimum absolute atomic E-state index is 0.234. The van der Waals surface area contributed by atoms with Gasteiger partial charge in [0, 0.05) is 0 Å². The molecular formula is C17H23N3O4. The zero-order valence-corrected chi connectivity index (χ0v) is 13.9. The van der Waals surface area contributed by atoms with Crippen LogP contribution in [0, 0.1) is 0 Å². The third-order valence-electron chi connectivity index (χ3n) is 3.41. The molecule has 0 aliphatic heterocycles. The van der Waals surface area contributed by atoms with E-state index in [1.165, 1.54) is 6.92 Å². The fraction of sp³-hybridized carbons (Fsp3) is 0.412. The van der Waals surface area contributed by atoms with Crippen LogP contribution in [0.1, 0.15) is 38.3 Å². The van der Waals surface area contributed by atoms with E-state index in [1.807, 2.05) is 6.92 Å². The SMILES string of the molecule is CCCC(N)C(=O)C(=O)NCC(=O)NC(C(C)=O)c1ccccc1. The molecule has 0 saturated carbocycles. The summed E-state index contributed by atoms with van der Waals surface area (Å²) in [6, 6.07) is 7.09. The van der Waals surface area contributed by atoms with Crippen molar-refractivity contribution in [1.82, 2.24) is 10.6 Å². The lowest BCUT2D eigenvalue weighted by Gasteiger charge is -2.16. The van der Waals surface area contributed by atoms with Gasteiger partial charge in [-0.2, -0.15) is 0 Å². The van der Waals surface area contributed by atoms with Gasteiger partial charge in [0.15, 0.2) is 5.78 Å². The van der Waals surface area contributed by atoms with Gasteiger partial charge in [-0.1, -0.05) is 43.7 Å². The average molecular weight is 333 g/mol. The molecule has 130 valence electrons. The zero-order valence-electron chi connectivity index (χ0n) is 13.9. The Hall–Kier alpha value is -2.54. The molecule has 1 rings (SSSR count). The van der Waals surface area contributed by atoms with E-state index in [0.717, 1.165) is 0 Å². The highest BCUT2D eigenvalue weighted by Crippen LogP contribution is 2.13. The van der Waals surface area contributed by atoms with E-state index in [-0.39, 0.29) is 5.78 Å². The first-order valence-electron chi connectivity index (χ1n) is 7.79. The second-order valence-electron chi connectivity index (χ2n) is 5.46. The average Bonchev–Trinajstić information content (AvgIpc) is 2.57. The van der Waals surface area contributed by atoms with E-state index in [2.05, 4.69) is 10.6 Å².